The summed E-state index contributed by atoms with van der Waals surface area (Å²) in [6, 6.07) is 18.3. The van der Waals surface area contributed by atoms with E-state index in [2.05, 4.69) is 60.6 Å². The quantitative estimate of drug-likeness (QED) is 0.681. The van der Waals surface area contributed by atoms with Crippen LogP contribution >= 0.6 is 0 Å². The molecule has 0 radical (unpaired) electrons. The lowest BCUT2D eigenvalue weighted by Gasteiger charge is -2.55. The number of fused-ring (bicyclic) bond motifs is 1. The van der Waals surface area contributed by atoms with Crippen LogP contribution < -0.4 is 5.32 Å². The molecular formula is C24H26N6O. The van der Waals surface area contributed by atoms with Gasteiger partial charge in [-0.1, -0.05) is 36.4 Å². The molecule has 7 nitrogen and oxygen atoms in total. The molecule has 4 aliphatic rings. The third-order valence-corrected chi connectivity index (χ3v) is 7.18. The van der Waals surface area contributed by atoms with Gasteiger partial charge in [0, 0.05) is 62.8 Å². The van der Waals surface area contributed by atoms with E-state index in [0.29, 0.717) is 17.3 Å². The van der Waals surface area contributed by atoms with Crippen molar-refractivity contribution in [1.29, 1.82) is 0 Å². The molecule has 3 unspecified atom stereocenters. The highest BCUT2D eigenvalue weighted by molar-refractivity contribution is 5.93. The molecule has 4 saturated heterocycles. The van der Waals surface area contributed by atoms with Crippen LogP contribution in [0.25, 0.3) is 11.4 Å². The maximum atomic E-state index is 13.3. The average molecular weight is 415 g/mol. The summed E-state index contributed by atoms with van der Waals surface area (Å²) in [7, 11) is 0. The van der Waals surface area contributed by atoms with E-state index in [1.807, 2.05) is 18.2 Å². The van der Waals surface area contributed by atoms with Gasteiger partial charge in [-0.15, -0.1) is 0 Å². The fraction of sp³-hybridized carbons (Fsp3) is 0.375. The molecule has 2 aromatic heterocycles. The van der Waals surface area contributed by atoms with E-state index in [4.69, 9.17) is 0 Å². The Hall–Kier alpha value is -3.03. The van der Waals surface area contributed by atoms with Crippen LogP contribution in [0.3, 0.4) is 0 Å². The highest BCUT2D eigenvalue weighted by Gasteiger charge is 2.55. The van der Waals surface area contributed by atoms with Crippen LogP contribution in [0.5, 0.6) is 0 Å². The van der Waals surface area contributed by atoms with Gasteiger partial charge in [-0.2, -0.15) is 5.10 Å². The Bertz CT molecular complexity index is 1070. The molecule has 0 spiro atoms. The van der Waals surface area contributed by atoms with Crippen LogP contribution in [0.15, 0.2) is 60.8 Å². The Balaban J connectivity index is 1.32. The first-order valence-electron chi connectivity index (χ1n) is 11.0. The van der Waals surface area contributed by atoms with Gasteiger partial charge in [0.15, 0.2) is 0 Å². The Morgan fingerprint density at radius 1 is 1.00 bits per heavy atom. The van der Waals surface area contributed by atoms with Crippen molar-refractivity contribution >= 4 is 5.91 Å². The summed E-state index contributed by atoms with van der Waals surface area (Å²) < 4.78 is 0. The topological polar surface area (TPSA) is 77.2 Å². The summed E-state index contributed by atoms with van der Waals surface area (Å²) in [5, 5.41) is 10.7. The van der Waals surface area contributed by atoms with Gasteiger partial charge in [0.25, 0.3) is 5.91 Å². The maximum absolute atomic E-state index is 13.3. The molecule has 1 amide bonds. The maximum Gasteiger partial charge on any atom is 0.269 e. The van der Waals surface area contributed by atoms with Crippen LogP contribution in [0.4, 0.5) is 0 Å². The fourth-order valence-electron chi connectivity index (χ4n) is 5.87. The highest BCUT2D eigenvalue weighted by atomic mass is 16.2. The van der Waals surface area contributed by atoms with Crippen LogP contribution in [0.1, 0.15) is 16.1 Å². The van der Waals surface area contributed by atoms with E-state index in [-0.39, 0.29) is 17.4 Å². The lowest BCUT2D eigenvalue weighted by molar-refractivity contribution is 0.0179. The largest absolute Gasteiger partial charge is 0.347 e. The summed E-state index contributed by atoms with van der Waals surface area (Å²) in [5.74, 6) is 0.318. The molecule has 31 heavy (non-hydrogen) atoms. The number of carbonyl (C=O) groups excluding carboxylic acids is 1. The number of aromatic nitrogens is 3. The number of rotatable bonds is 4. The van der Waals surface area contributed by atoms with Gasteiger partial charge in [-0.25, -0.2) is 0 Å². The number of hydrogen-bond acceptors (Lipinski definition) is 5. The molecule has 2 N–H and O–H groups in total. The van der Waals surface area contributed by atoms with Crippen molar-refractivity contribution in [1.82, 2.24) is 30.3 Å². The number of piperidine rings is 2. The highest BCUT2D eigenvalue weighted by Crippen LogP contribution is 2.43. The first-order chi connectivity index (χ1) is 15.2. The number of nitrogens with zero attached hydrogens (tertiary/aromatic N) is 4. The number of amides is 1. The van der Waals surface area contributed by atoms with Gasteiger partial charge in [0.05, 0.1) is 5.69 Å². The normalized spacial score (nSPS) is 31.4. The standard InChI is InChI=1S/C24H26N6O/c31-23(21-12-20(27-28-21)19-8-4-5-9-25-19)26-22-17-13-29-10-11-30(14-17)16-24(22,15-29)18-6-2-1-3-7-18/h1-9,12,17,22H,10-11,13-16H2,(H,26,31)(H,27,28). The van der Waals surface area contributed by atoms with Crippen molar-refractivity contribution in [3.05, 3.63) is 72.1 Å². The second-order valence-electron chi connectivity index (χ2n) is 9.09. The number of aromatic amines is 1. The van der Waals surface area contributed by atoms with Crippen LogP contribution in [-0.2, 0) is 5.41 Å². The van der Waals surface area contributed by atoms with E-state index in [1.165, 1.54) is 5.56 Å². The van der Waals surface area contributed by atoms with Gasteiger partial charge >= 0.3 is 0 Å². The molecule has 3 atom stereocenters. The predicted octanol–water partition coefficient (Wildman–Crippen LogP) is 1.77. The Morgan fingerprint density at radius 3 is 2.45 bits per heavy atom. The number of carbonyl (C=O) groups is 1. The lowest BCUT2D eigenvalue weighted by Crippen LogP contribution is -2.70. The number of benzene rings is 1. The summed E-state index contributed by atoms with van der Waals surface area (Å²) in [5.41, 5.74) is 3.14. The Labute approximate surface area is 181 Å². The van der Waals surface area contributed by atoms with E-state index in [9.17, 15) is 4.79 Å². The third kappa shape index (κ3) is 3.16. The minimum Gasteiger partial charge on any atom is -0.347 e. The summed E-state index contributed by atoms with van der Waals surface area (Å²) in [4.78, 5) is 22.8. The van der Waals surface area contributed by atoms with E-state index >= 15 is 0 Å². The number of pyridine rings is 1. The smallest absolute Gasteiger partial charge is 0.269 e. The fourth-order valence-corrected chi connectivity index (χ4v) is 5.87. The molecular weight excluding hydrogens is 388 g/mol. The second kappa shape index (κ2) is 7.28. The van der Waals surface area contributed by atoms with Crippen molar-refractivity contribution in [2.24, 2.45) is 5.92 Å². The van der Waals surface area contributed by atoms with Crippen LogP contribution in [0, 0.1) is 5.92 Å². The molecule has 1 aromatic carbocycles. The molecule has 6 heterocycles. The zero-order valence-electron chi connectivity index (χ0n) is 17.4. The zero-order chi connectivity index (χ0) is 20.8. The lowest BCUT2D eigenvalue weighted by atomic mass is 9.64. The number of H-pyrrole nitrogens is 1. The molecule has 3 aromatic rings. The van der Waals surface area contributed by atoms with Gasteiger partial charge in [-0.3, -0.25) is 14.9 Å². The van der Waals surface area contributed by atoms with Gasteiger partial charge < -0.3 is 15.1 Å². The van der Waals surface area contributed by atoms with Gasteiger partial charge in [0.2, 0.25) is 0 Å². The molecule has 4 fully saturated rings. The minimum atomic E-state index is -0.0988. The SMILES string of the molecule is O=C(NC1C2CN3CCN(C2)CC1(c1ccccc1)C3)c1cc(-c2ccccn2)n[nH]1. The monoisotopic (exact) mass is 414 g/mol. The molecule has 0 saturated carbocycles. The van der Waals surface area contributed by atoms with Crippen molar-refractivity contribution in [2.45, 2.75) is 11.5 Å². The summed E-state index contributed by atoms with van der Waals surface area (Å²) >= 11 is 0. The Morgan fingerprint density at radius 2 is 1.74 bits per heavy atom. The summed E-state index contributed by atoms with van der Waals surface area (Å²) in [6.07, 6.45) is 1.73. The Kier molecular flexibility index (Phi) is 4.40. The van der Waals surface area contributed by atoms with Crippen molar-refractivity contribution in [3.8, 4) is 11.4 Å². The van der Waals surface area contributed by atoms with Crippen molar-refractivity contribution in [3.63, 3.8) is 0 Å². The molecule has 158 valence electrons. The van der Waals surface area contributed by atoms with Gasteiger partial charge in [0.1, 0.15) is 11.4 Å². The van der Waals surface area contributed by atoms with Crippen molar-refractivity contribution in [2.75, 3.05) is 39.3 Å². The molecule has 4 aliphatic heterocycles. The van der Waals surface area contributed by atoms with E-state index in [1.54, 1.807) is 12.3 Å². The minimum absolute atomic E-state index is 0.0915. The third-order valence-electron chi connectivity index (χ3n) is 7.18. The average Bonchev–Trinajstić information content (AvgIpc) is 3.17. The second-order valence-corrected chi connectivity index (χ2v) is 9.09. The van der Waals surface area contributed by atoms with E-state index in [0.717, 1.165) is 45.0 Å². The van der Waals surface area contributed by atoms with Crippen molar-refractivity contribution < 1.29 is 4.79 Å². The predicted molar refractivity (Wildman–Crippen MR) is 118 cm³/mol. The summed E-state index contributed by atoms with van der Waals surface area (Å²) in [6.45, 7) is 6.27. The van der Waals surface area contributed by atoms with E-state index < -0.39 is 0 Å². The molecule has 7 heteroatoms. The van der Waals surface area contributed by atoms with Gasteiger partial charge in [-0.05, 0) is 23.8 Å². The zero-order valence-corrected chi connectivity index (χ0v) is 17.4. The molecule has 4 bridgehead atoms. The first kappa shape index (κ1) is 18.7. The first-order valence-corrected chi connectivity index (χ1v) is 11.0. The van der Waals surface area contributed by atoms with Crippen LogP contribution in [0.2, 0.25) is 0 Å². The number of hydrogen-bond donors (Lipinski definition) is 2. The number of nitrogens with one attached hydrogen (secondary N) is 2. The molecule has 0 aliphatic carbocycles. The van der Waals surface area contributed by atoms with Crippen LogP contribution in [-0.4, -0.2) is 76.2 Å². The molecule has 7 rings (SSSR count).